The van der Waals surface area contributed by atoms with Crippen LogP contribution in [0.5, 0.6) is 0 Å². The fourth-order valence-corrected chi connectivity index (χ4v) is 1.08. The van der Waals surface area contributed by atoms with Gasteiger partial charge in [-0.15, -0.1) is 0 Å². The summed E-state index contributed by atoms with van der Waals surface area (Å²) < 4.78 is 12.7. The number of hydrogen-bond donors (Lipinski definition) is 1. The van der Waals surface area contributed by atoms with Crippen molar-refractivity contribution in [3.8, 4) is 0 Å². The molecule has 0 aliphatic rings. The first kappa shape index (κ1) is 10.2. The maximum atomic E-state index is 12.7. The second-order valence-corrected chi connectivity index (χ2v) is 3.32. The SMILES string of the molecule is CCC(C)NCc1cccc(F)c1. The van der Waals surface area contributed by atoms with Crippen LogP contribution >= 0.6 is 0 Å². The second kappa shape index (κ2) is 4.97. The molecular weight excluding hydrogens is 165 g/mol. The standard InChI is InChI=1S/C11H16FN/c1-3-9(2)13-8-10-5-4-6-11(12)7-10/h4-7,9,13H,3,8H2,1-2H3. The minimum Gasteiger partial charge on any atom is -0.310 e. The van der Waals surface area contributed by atoms with Crippen molar-refractivity contribution in [2.24, 2.45) is 0 Å². The highest BCUT2D eigenvalue weighted by atomic mass is 19.1. The van der Waals surface area contributed by atoms with E-state index in [1.165, 1.54) is 6.07 Å². The Kier molecular flexibility index (Phi) is 3.90. The van der Waals surface area contributed by atoms with Gasteiger partial charge in [0.2, 0.25) is 0 Å². The average Bonchev–Trinajstić information content (AvgIpc) is 2.14. The zero-order valence-corrected chi connectivity index (χ0v) is 8.18. The fraction of sp³-hybridized carbons (Fsp3) is 0.455. The minimum atomic E-state index is -0.163. The quantitative estimate of drug-likeness (QED) is 0.753. The molecule has 0 aliphatic heterocycles. The van der Waals surface area contributed by atoms with E-state index in [2.05, 4.69) is 19.2 Å². The Morgan fingerprint density at radius 2 is 2.23 bits per heavy atom. The topological polar surface area (TPSA) is 12.0 Å². The van der Waals surface area contributed by atoms with Crippen molar-refractivity contribution in [1.29, 1.82) is 0 Å². The summed E-state index contributed by atoms with van der Waals surface area (Å²) in [4.78, 5) is 0. The van der Waals surface area contributed by atoms with Crippen molar-refractivity contribution in [3.63, 3.8) is 0 Å². The summed E-state index contributed by atoms with van der Waals surface area (Å²) in [5.74, 6) is -0.163. The van der Waals surface area contributed by atoms with E-state index in [9.17, 15) is 4.39 Å². The van der Waals surface area contributed by atoms with Gasteiger partial charge in [-0.05, 0) is 31.0 Å². The van der Waals surface area contributed by atoms with E-state index in [1.54, 1.807) is 12.1 Å². The molecule has 13 heavy (non-hydrogen) atoms. The summed E-state index contributed by atoms with van der Waals surface area (Å²) in [7, 11) is 0. The highest BCUT2D eigenvalue weighted by Gasteiger charge is 1.98. The monoisotopic (exact) mass is 181 g/mol. The molecule has 1 unspecified atom stereocenters. The van der Waals surface area contributed by atoms with Gasteiger partial charge in [-0.1, -0.05) is 19.1 Å². The summed E-state index contributed by atoms with van der Waals surface area (Å²) in [6, 6.07) is 7.19. The molecule has 0 aromatic heterocycles. The highest BCUT2D eigenvalue weighted by molar-refractivity contribution is 5.15. The maximum absolute atomic E-state index is 12.7. The molecule has 0 bridgehead atoms. The minimum absolute atomic E-state index is 0.163. The number of benzene rings is 1. The van der Waals surface area contributed by atoms with Crippen LogP contribution in [0.3, 0.4) is 0 Å². The van der Waals surface area contributed by atoms with Crippen molar-refractivity contribution in [3.05, 3.63) is 35.6 Å². The van der Waals surface area contributed by atoms with E-state index >= 15 is 0 Å². The predicted molar refractivity (Wildman–Crippen MR) is 53.0 cm³/mol. The zero-order valence-electron chi connectivity index (χ0n) is 8.18. The van der Waals surface area contributed by atoms with Crippen LogP contribution in [0.2, 0.25) is 0 Å². The van der Waals surface area contributed by atoms with Crippen molar-refractivity contribution in [1.82, 2.24) is 5.32 Å². The lowest BCUT2D eigenvalue weighted by atomic mass is 10.2. The van der Waals surface area contributed by atoms with Gasteiger partial charge >= 0.3 is 0 Å². The molecular formula is C11H16FN. The Morgan fingerprint density at radius 1 is 1.46 bits per heavy atom. The first-order valence-corrected chi connectivity index (χ1v) is 4.70. The van der Waals surface area contributed by atoms with Crippen LogP contribution in [0.15, 0.2) is 24.3 Å². The van der Waals surface area contributed by atoms with Crippen LogP contribution in [0, 0.1) is 5.82 Å². The molecule has 0 radical (unpaired) electrons. The molecule has 0 fully saturated rings. The molecule has 2 heteroatoms. The van der Waals surface area contributed by atoms with E-state index in [0.29, 0.717) is 6.04 Å². The normalized spacial score (nSPS) is 12.8. The van der Waals surface area contributed by atoms with Gasteiger partial charge in [0.25, 0.3) is 0 Å². The molecule has 1 nitrogen and oxygen atoms in total. The van der Waals surface area contributed by atoms with Crippen LogP contribution in [-0.2, 0) is 6.54 Å². The van der Waals surface area contributed by atoms with E-state index in [-0.39, 0.29) is 5.82 Å². The zero-order chi connectivity index (χ0) is 9.68. The molecule has 0 saturated heterocycles. The lowest BCUT2D eigenvalue weighted by molar-refractivity contribution is 0.532. The molecule has 0 saturated carbocycles. The first-order valence-electron chi connectivity index (χ1n) is 4.70. The Labute approximate surface area is 79.0 Å². The molecule has 72 valence electrons. The fourth-order valence-electron chi connectivity index (χ4n) is 1.08. The molecule has 0 heterocycles. The van der Waals surface area contributed by atoms with Crippen molar-refractivity contribution < 1.29 is 4.39 Å². The van der Waals surface area contributed by atoms with Gasteiger partial charge in [-0.25, -0.2) is 4.39 Å². The van der Waals surface area contributed by atoms with Crippen LogP contribution in [0.25, 0.3) is 0 Å². The second-order valence-electron chi connectivity index (χ2n) is 3.32. The van der Waals surface area contributed by atoms with Crippen LogP contribution in [0.4, 0.5) is 4.39 Å². The number of hydrogen-bond acceptors (Lipinski definition) is 1. The third kappa shape index (κ3) is 3.55. The van der Waals surface area contributed by atoms with Crippen molar-refractivity contribution >= 4 is 0 Å². The lowest BCUT2D eigenvalue weighted by Gasteiger charge is -2.10. The maximum Gasteiger partial charge on any atom is 0.123 e. The Morgan fingerprint density at radius 3 is 2.85 bits per heavy atom. The van der Waals surface area contributed by atoms with E-state index in [1.807, 2.05) is 6.07 Å². The average molecular weight is 181 g/mol. The molecule has 0 spiro atoms. The molecule has 1 atom stereocenters. The highest BCUT2D eigenvalue weighted by Crippen LogP contribution is 2.03. The summed E-state index contributed by atoms with van der Waals surface area (Å²) >= 11 is 0. The molecule has 1 aromatic rings. The van der Waals surface area contributed by atoms with Gasteiger partial charge in [-0.2, -0.15) is 0 Å². The Bertz CT molecular complexity index is 260. The van der Waals surface area contributed by atoms with Crippen LogP contribution < -0.4 is 5.32 Å². The summed E-state index contributed by atoms with van der Waals surface area (Å²) in [6.45, 7) is 5.00. The van der Waals surface area contributed by atoms with E-state index < -0.39 is 0 Å². The lowest BCUT2D eigenvalue weighted by Crippen LogP contribution is -2.24. The Balaban J connectivity index is 2.45. The van der Waals surface area contributed by atoms with E-state index in [4.69, 9.17) is 0 Å². The van der Waals surface area contributed by atoms with E-state index in [0.717, 1.165) is 18.5 Å². The summed E-state index contributed by atoms with van der Waals surface area (Å²) in [6.07, 6.45) is 1.09. The Hall–Kier alpha value is -0.890. The third-order valence-electron chi connectivity index (χ3n) is 2.16. The molecule has 1 aromatic carbocycles. The molecule has 1 rings (SSSR count). The molecule has 1 N–H and O–H groups in total. The van der Waals surface area contributed by atoms with Gasteiger partial charge in [-0.3, -0.25) is 0 Å². The van der Waals surface area contributed by atoms with Gasteiger partial charge in [0.1, 0.15) is 5.82 Å². The first-order chi connectivity index (χ1) is 6.22. The number of nitrogens with one attached hydrogen (secondary N) is 1. The summed E-state index contributed by atoms with van der Waals surface area (Å²) in [5.41, 5.74) is 1.00. The van der Waals surface area contributed by atoms with Crippen LogP contribution in [0.1, 0.15) is 25.8 Å². The van der Waals surface area contributed by atoms with Gasteiger partial charge in [0.15, 0.2) is 0 Å². The summed E-state index contributed by atoms with van der Waals surface area (Å²) in [5, 5.41) is 3.31. The van der Waals surface area contributed by atoms with Crippen LogP contribution in [-0.4, -0.2) is 6.04 Å². The van der Waals surface area contributed by atoms with Crippen molar-refractivity contribution in [2.75, 3.05) is 0 Å². The van der Waals surface area contributed by atoms with Crippen molar-refractivity contribution in [2.45, 2.75) is 32.9 Å². The number of rotatable bonds is 4. The van der Waals surface area contributed by atoms with Gasteiger partial charge in [0, 0.05) is 12.6 Å². The largest absolute Gasteiger partial charge is 0.310 e. The molecule has 0 amide bonds. The smallest absolute Gasteiger partial charge is 0.123 e. The number of halogens is 1. The van der Waals surface area contributed by atoms with Gasteiger partial charge < -0.3 is 5.32 Å². The third-order valence-corrected chi connectivity index (χ3v) is 2.16. The van der Waals surface area contributed by atoms with Gasteiger partial charge in [0.05, 0.1) is 0 Å². The molecule has 0 aliphatic carbocycles. The predicted octanol–water partition coefficient (Wildman–Crippen LogP) is 2.71.